The van der Waals surface area contributed by atoms with E-state index in [1.165, 1.54) is 11.8 Å². The van der Waals surface area contributed by atoms with Crippen molar-refractivity contribution in [3.63, 3.8) is 0 Å². The van der Waals surface area contributed by atoms with E-state index in [1.807, 2.05) is 36.4 Å². The molecular weight excluding hydrogens is 392 g/mol. The summed E-state index contributed by atoms with van der Waals surface area (Å²) in [4.78, 5) is 16.1. The molecule has 0 saturated heterocycles. The highest BCUT2D eigenvalue weighted by molar-refractivity contribution is 9.10. The van der Waals surface area contributed by atoms with E-state index in [2.05, 4.69) is 36.4 Å². The average Bonchev–Trinajstić information content (AvgIpc) is 3.07. The maximum absolute atomic E-state index is 11.9. The highest BCUT2D eigenvalue weighted by Crippen LogP contribution is 2.22. The lowest BCUT2D eigenvalue weighted by Gasteiger charge is -2.04. The third kappa shape index (κ3) is 4.65. The highest BCUT2D eigenvalue weighted by atomic mass is 79.9. The van der Waals surface area contributed by atoms with Crippen molar-refractivity contribution in [1.29, 1.82) is 0 Å². The predicted octanol–water partition coefficient (Wildman–Crippen LogP) is 4.02. The number of carbonyl (C=O) groups is 1. The summed E-state index contributed by atoms with van der Waals surface area (Å²) < 4.78 is 6.49. The number of carbonyl (C=O) groups excluding carboxylic acids is 1. The summed E-state index contributed by atoms with van der Waals surface area (Å²) in [5.74, 6) is 0.860. The number of nitrogens with zero attached hydrogens (tertiary/aromatic N) is 3. The average molecular weight is 405 g/mol. The van der Waals surface area contributed by atoms with Gasteiger partial charge >= 0.3 is 0 Å². The van der Waals surface area contributed by atoms with Gasteiger partial charge < -0.3 is 9.73 Å². The van der Waals surface area contributed by atoms with Gasteiger partial charge in [-0.3, -0.25) is 9.78 Å². The Labute approximate surface area is 151 Å². The van der Waals surface area contributed by atoms with Crippen molar-refractivity contribution in [1.82, 2.24) is 15.2 Å². The lowest BCUT2D eigenvalue weighted by molar-refractivity contribution is -0.115. The van der Waals surface area contributed by atoms with Crippen molar-refractivity contribution in [3.8, 4) is 11.6 Å². The molecule has 0 fully saturated rings. The summed E-state index contributed by atoms with van der Waals surface area (Å²) in [5.41, 5.74) is 1.40. The molecule has 1 amide bonds. The van der Waals surface area contributed by atoms with Crippen LogP contribution in [0.1, 0.15) is 6.42 Å². The standard InChI is InChI=1S/C16H13BrN4O2S/c17-11-4-6-12(7-5-11)19-14(22)8-10-24-16-21-20-15(23-16)13-3-1-2-9-18-13/h1-7,9H,8,10H2,(H,19,22). The molecule has 24 heavy (non-hydrogen) atoms. The Hall–Kier alpha value is -2.19. The molecule has 0 atom stereocenters. The number of amides is 1. The highest BCUT2D eigenvalue weighted by Gasteiger charge is 2.10. The van der Waals surface area contributed by atoms with Gasteiger partial charge in [-0.2, -0.15) is 0 Å². The Bertz CT molecular complexity index is 808. The first-order chi connectivity index (χ1) is 11.7. The van der Waals surface area contributed by atoms with Crippen molar-refractivity contribution in [2.24, 2.45) is 0 Å². The number of pyridine rings is 1. The van der Waals surface area contributed by atoms with E-state index in [4.69, 9.17) is 4.42 Å². The first-order valence-corrected chi connectivity index (χ1v) is 8.92. The van der Waals surface area contributed by atoms with E-state index >= 15 is 0 Å². The second kappa shape index (κ2) is 8.07. The minimum absolute atomic E-state index is 0.0608. The lowest BCUT2D eigenvalue weighted by Crippen LogP contribution is -2.11. The van der Waals surface area contributed by atoms with Gasteiger partial charge in [-0.05, 0) is 36.4 Å². The van der Waals surface area contributed by atoms with E-state index in [0.717, 1.165) is 10.2 Å². The van der Waals surface area contributed by atoms with Crippen LogP contribution in [0.3, 0.4) is 0 Å². The van der Waals surface area contributed by atoms with Gasteiger partial charge in [0.1, 0.15) is 5.69 Å². The van der Waals surface area contributed by atoms with Crippen molar-refractivity contribution >= 4 is 39.3 Å². The van der Waals surface area contributed by atoms with E-state index in [9.17, 15) is 4.79 Å². The predicted molar refractivity (Wildman–Crippen MR) is 95.6 cm³/mol. The zero-order valence-corrected chi connectivity index (χ0v) is 14.9. The number of aromatic nitrogens is 3. The maximum atomic E-state index is 11.9. The minimum atomic E-state index is -0.0608. The Morgan fingerprint density at radius 2 is 2.00 bits per heavy atom. The topological polar surface area (TPSA) is 80.9 Å². The molecule has 0 unspecified atom stereocenters. The Morgan fingerprint density at radius 3 is 2.75 bits per heavy atom. The number of hydrogen-bond acceptors (Lipinski definition) is 6. The second-order valence-corrected chi connectivity index (χ2v) is 6.70. The van der Waals surface area contributed by atoms with Gasteiger partial charge in [0.25, 0.3) is 11.1 Å². The van der Waals surface area contributed by atoms with E-state index in [1.54, 1.807) is 12.3 Å². The minimum Gasteiger partial charge on any atom is -0.410 e. The van der Waals surface area contributed by atoms with Gasteiger partial charge in [-0.1, -0.05) is 33.8 Å². The quantitative estimate of drug-likeness (QED) is 0.624. The Balaban J connectivity index is 1.47. The summed E-state index contributed by atoms with van der Waals surface area (Å²) in [6, 6.07) is 12.9. The molecule has 0 aliphatic rings. The molecule has 0 spiro atoms. The van der Waals surface area contributed by atoms with Crippen molar-refractivity contribution in [3.05, 3.63) is 53.1 Å². The van der Waals surface area contributed by atoms with Crippen LogP contribution in [-0.2, 0) is 4.79 Å². The molecule has 3 rings (SSSR count). The maximum Gasteiger partial charge on any atom is 0.276 e. The van der Waals surface area contributed by atoms with E-state index in [0.29, 0.717) is 29.0 Å². The first-order valence-electron chi connectivity index (χ1n) is 7.14. The molecule has 8 heteroatoms. The molecule has 2 aromatic heterocycles. The number of benzene rings is 1. The molecular formula is C16H13BrN4O2S. The molecule has 6 nitrogen and oxygen atoms in total. The largest absolute Gasteiger partial charge is 0.410 e. The van der Waals surface area contributed by atoms with Gasteiger partial charge in [-0.15, -0.1) is 10.2 Å². The molecule has 0 aliphatic carbocycles. The number of nitrogens with one attached hydrogen (secondary N) is 1. The molecule has 0 aliphatic heterocycles. The smallest absolute Gasteiger partial charge is 0.276 e. The van der Waals surface area contributed by atoms with Gasteiger partial charge in [0.15, 0.2) is 0 Å². The van der Waals surface area contributed by atoms with Crippen molar-refractivity contribution < 1.29 is 9.21 Å². The molecule has 0 radical (unpaired) electrons. The van der Waals surface area contributed by atoms with Crippen LogP contribution in [0.2, 0.25) is 0 Å². The Kier molecular flexibility index (Phi) is 5.60. The SMILES string of the molecule is O=C(CCSc1nnc(-c2ccccn2)o1)Nc1ccc(Br)cc1. The number of halogens is 1. The van der Waals surface area contributed by atoms with Crippen LogP contribution >= 0.6 is 27.7 Å². The number of hydrogen-bond donors (Lipinski definition) is 1. The fraction of sp³-hybridized carbons (Fsp3) is 0.125. The van der Waals surface area contributed by atoms with Gasteiger partial charge in [-0.25, -0.2) is 0 Å². The summed E-state index contributed by atoms with van der Waals surface area (Å²) in [5, 5.41) is 11.2. The third-order valence-electron chi connectivity index (χ3n) is 2.97. The van der Waals surface area contributed by atoms with E-state index < -0.39 is 0 Å². The van der Waals surface area contributed by atoms with Crippen molar-refractivity contribution in [2.45, 2.75) is 11.6 Å². The molecule has 2 heterocycles. The fourth-order valence-electron chi connectivity index (χ4n) is 1.85. The summed E-state index contributed by atoms with van der Waals surface area (Å²) in [6.07, 6.45) is 2.01. The lowest BCUT2D eigenvalue weighted by atomic mass is 10.3. The molecule has 0 saturated carbocycles. The molecule has 0 bridgehead atoms. The zero-order valence-electron chi connectivity index (χ0n) is 12.5. The summed E-state index contributed by atoms with van der Waals surface area (Å²) in [6.45, 7) is 0. The third-order valence-corrected chi connectivity index (χ3v) is 4.32. The number of thioether (sulfide) groups is 1. The number of anilines is 1. The van der Waals surface area contributed by atoms with Crippen LogP contribution in [-0.4, -0.2) is 26.8 Å². The van der Waals surface area contributed by atoms with Crippen molar-refractivity contribution in [2.75, 3.05) is 11.1 Å². The van der Waals surface area contributed by atoms with E-state index in [-0.39, 0.29) is 5.91 Å². The van der Waals surface area contributed by atoms with Crippen LogP contribution < -0.4 is 5.32 Å². The fourth-order valence-corrected chi connectivity index (χ4v) is 2.81. The second-order valence-electron chi connectivity index (χ2n) is 4.74. The Morgan fingerprint density at radius 1 is 1.17 bits per heavy atom. The normalized spacial score (nSPS) is 10.5. The first kappa shape index (κ1) is 16.7. The molecule has 1 N–H and O–H groups in total. The van der Waals surface area contributed by atoms with Gasteiger partial charge in [0.05, 0.1) is 0 Å². The van der Waals surface area contributed by atoms with Crippen LogP contribution in [0.15, 0.2) is 62.8 Å². The van der Waals surface area contributed by atoms with Gasteiger partial charge in [0.2, 0.25) is 5.91 Å². The monoisotopic (exact) mass is 404 g/mol. The molecule has 1 aromatic carbocycles. The van der Waals surface area contributed by atoms with Crippen LogP contribution in [0.25, 0.3) is 11.6 Å². The van der Waals surface area contributed by atoms with Crippen LogP contribution in [0.5, 0.6) is 0 Å². The number of rotatable bonds is 6. The van der Waals surface area contributed by atoms with Crippen LogP contribution in [0.4, 0.5) is 5.69 Å². The van der Waals surface area contributed by atoms with Crippen LogP contribution in [0, 0.1) is 0 Å². The van der Waals surface area contributed by atoms with Gasteiger partial charge in [0, 0.05) is 28.5 Å². The zero-order chi connectivity index (χ0) is 16.8. The summed E-state index contributed by atoms with van der Waals surface area (Å²) in [7, 11) is 0. The summed E-state index contributed by atoms with van der Waals surface area (Å²) >= 11 is 4.70. The molecule has 122 valence electrons. The molecule has 3 aromatic rings.